The van der Waals surface area contributed by atoms with Gasteiger partial charge in [0.25, 0.3) is 0 Å². The lowest BCUT2D eigenvalue weighted by Gasteiger charge is -2.31. The number of carboxylic acids is 1. The summed E-state index contributed by atoms with van der Waals surface area (Å²) in [5.41, 5.74) is 1.77. The fourth-order valence-corrected chi connectivity index (χ4v) is 2.87. The first-order valence-electron chi connectivity index (χ1n) is 6.75. The molecule has 0 aromatic heterocycles. The summed E-state index contributed by atoms with van der Waals surface area (Å²) in [6.45, 7) is 3.79. The fourth-order valence-electron chi connectivity index (χ4n) is 2.87. The van der Waals surface area contributed by atoms with Crippen LogP contribution >= 0.6 is 0 Å². The van der Waals surface area contributed by atoms with E-state index < -0.39 is 17.8 Å². The Bertz CT molecular complexity index is 536. The molecule has 3 atom stereocenters. The zero-order valence-electron chi connectivity index (χ0n) is 11.7. The van der Waals surface area contributed by atoms with E-state index in [0.29, 0.717) is 12.1 Å². The maximum Gasteiger partial charge on any atom is 0.307 e. The predicted octanol–water partition coefficient (Wildman–Crippen LogP) is 2.93. The summed E-state index contributed by atoms with van der Waals surface area (Å²) < 4.78 is 0. The molecule has 0 aliphatic heterocycles. The molecule has 20 heavy (non-hydrogen) atoms. The molecule has 4 heteroatoms. The molecule has 4 nitrogen and oxygen atoms in total. The van der Waals surface area contributed by atoms with Crippen molar-refractivity contribution in [2.75, 3.05) is 5.32 Å². The third kappa shape index (κ3) is 3.07. The van der Waals surface area contributed by atoms with Gasteiger partial charge in [-0.2, -0.15) is 0 Å². The van der Waals surface area contributed by atoms with Crippen LogP contribution in [0, 0.1) is 17.8 Å². The van der Waals surface area contributed by atoms with E-state index in [2.05, 4.69) is 5.32 Å². The van der Waals surface area contributed by atoms with Crippen molar-refractivity contribution in [1.82, 2.24) is 0 Å². The summed E-state index contributed by atoms with van der Waals surface area (Å²) >= 11 is 0. The van der Waals surface area contributed by atoms with E-state index >= 15 is 0 Å². The molecule has 0 heterocycles. The number of carbonyl (C=O) groups is 2. The Hall–Kier alpha value is -2.10. The molecule has 1 aliphatic carbocycles. The number of aliphatic carboxylic acids is 1. The maximum absolute atomic E-state index is 12.4. The Balaban J connectivity index is 2.18. The quantitative estimate of drug-likeness (QED) is 0.832. The van der Waals surface area contributed by atoms with Crippen LogP contribution in [-0.4, -0.2) is 17.0 Å². The van der Waals surface area contributed by atoms with Gasteiger partial charge in [-0.05, 0) is 31.4 Å². The van der Waals surface area contributed by atoms with Crippen molar-refractivity contribution >= 4 is 17.6 Å². The predicted molar refractivity (Wildman–Crippen MR) is 77.2 cm³/mol. The lowest BCUT2D eigenvalue weighted by atomic mass is 9.73. The second-order valence-electron chi connectivity index (χ2n) is 5.40. The van der Waals surface area contributed by atoms with Crippen molar-refractivity contribution in [2.45, 2.75) is 20.3 Å². The van der Waals surface area contributed by atoms with Gasteiger partial charge in [-0.1, -0.05) is 36.8 Å². The van der Waals surface area contributed by atoms with E-state index in [1.807, 2.05) is 38.1 Å². The van der Waals surface area contributed by atoms with Crippen LogP contribution < -0.4 is 5.32 Å². The van der Waals surface area contributed by atoms with Crippen molar-refractivity contribution in [3.05, 3.63) is 42.0 Å². The molecule has 0 saturated carbocycles. The van der Waals surface area contributed by atoms with E-state index in [1.165, 1.54) is 0 Å². The number of carbonyl (C=O) groups excluding carboxylic acids is 1. The zero-order valence-corrected chi connectivity index (χ0v) is 11.7. The third-order valence-corrected chi connectivity index (χ3v) is 3.75. The van der Waals surface area contributed by atoms with Crippen molar-refractivity contribution in [3.63, 3.8) is 0 Å². The van der Waals surface area contributed by atoms with Crippen molar-refractivity contribution in [2.24, 2.45) is 17.8 Å². The Morgan fingerprint density at radius 3 is 2.50 bits per heavy atom. The molecule has 0 bridgehead atoms. The summed E-state index contributed by atoms with van der Waals surface area (Å²) in [5.74, 6) is -2.44. The first kappa shape index (κ1) is 14.3. The van der Waals surface area contributed by atoms with Crippen LogP contribution in [0.4, 0.5) is 5.69 Å². The van der Waals surface area contributed by atoms with Crippen LogP contribution in [-0.2, 0) is 9.59 Å². The first-order valence-corrected chi connectivity index (χ1v) is 6.75. The highest BCUT2D eigenvalue weighted by Gasteiger charge is 2.39. The second kappa shape index (κ2) is 5.90. The Kier molecular flexibility index (Phi) is 4.23. The van der Waals surface area contributed by atoms with Gasteiger partial charge in [0, 0.05) is 5.69 Å². The standard InChI is InChI=1S/C16H19NO3/c1-10-8-11(2)14(16(19)20)13(9-10)15(18)17-12-6-4-3-5-7-12/h3-8,11,13-14H,9H2,1-2H3,(H,17,18)(H,19,20)/t11-,13-,14-/m0/s1. The minimum atomic E-state index is -0.908. The van der Waals surface area contributed by atoms with Crippen molar-refractivity contribution < 1.29 is 14.7 Å². The van der Waals surface area contributed by atoms with Crippen LogP contribution in [0.1, 0.15) is 20.3 Å². The zero-order chi connectivity index (χ0) is 14.7. The summed E-state index contributed by atoms with van der Waals surface area (Å²) in [6, 6.07) is 9.12. The minimum Gasteiger partial charge on any atom is -0.481 e. The maximum atomic E-state index is 12.4. The van der Waals surface area contributed by atoms with Crippen LogP contribution in [0.25, 0.3) is 0 Å². The van der Waals surface area contributed by atoms with Crippen LogP contribution in [0.15, 0.2) is 42.0 Å². The third-order valence-electron chi connectivity index (χ3n) is 3.75. The van der Waals surface area contributed by atoms with Gasteiger partial charge in [0.15, 0.2) is 0 Å². The summed E-state index contributed by atoms with van der Waals surface area (Å²) in [7, 11) is 0. The van der Waals surface area contributed by atoms with Gasteiger partial charge >= 0.3 is 5.97 Å². The number of amides is 1. The highest BCUT2D eigenvalue weighted by molar-refractivity contribution is 5.95. The van der Waals surface area contributed by atoms with Crippen LogP contribution in [0.5, 0.6) is 0 Å². The average molecular weight is 273 g/mol. The van der Waals surface area contributed by atoms with Gasteiger partial charge in [0.2, 0.25) is 5.91 Å². The Labute approximate surface area is 118 Å². The molecule has 2 rings (SSSR count). The number of anilines is 1. The SMILES string of the molecule is CC1=C[C@H](C)[C@H](C(=O)O)[C@@H](C(=O)Nc2ccccc2)C1. The lowest BCUT2D eigenvalue weighted by Crippen LogP contribution is -2.39. The van der Waals surface area contributed by atoms with Gasteiger partial charge in [-0.3, -0.25) is 9.59 Å². The molecule has 0 fully saturated rings. The normalized spacial score (nSPS) is 25.7. The number of carboxylic acid groups (broad SMARTS) is 1. The van der Waals surface area contributed by atoms with Crippen molar-refractivity contribution in [1.29, 1.82) is 0 Å². The van der Waals surface area contributed by atoms with Gasteiger partial charge in [-0.25, -0.2) is 0 Å². The Morgan fingerprint density at radius 2 is 1.90 bits per heavy atom. The summed E-state index contributed by atoms with van der Waals surface area (Å²) in [6.07, 6.45) is 2.45. The molecule has 1 amide bonds. The van der Waals surface area contributed by atoms with E-state index in [1.54, 1.807) is 12.1 Å². The minimum absolute atomic E-state index is 0.132. The number of hydrogen-bond acceptors (Lipinski definition) is 2. The van der Waals surface area contributed by atoms with E-state index in [9.17, 15) is 14.7 Å². The number of allylic oxidation sites excluding steroid dienone is 2. The molecule has 0 unspecified atom stereocenters. The number of rotatable bonds is 3. The van der Waals surface area contributed by atoms with E-state index in [4.69, 9.17) is 0 Å². The molecule has 1 aromatic rings. The van der Waals surface area contributed by atoms with Crippen molar-refractivity contribution in [3.8, 4) is 0 Å². The number of hydrogen-bond donors (Lipinski definition) is 2. The number of benzene rings is 1. The smallest absolute Gasteiger partial charge is 0.307 e. The average Bonchev–Trinajstić information content (AvgIpc) is 2.38. The van der Waals surface area contributed by atoms with E-state index in [-0.39, 0.29) is 11.8 Å². The fraction of sp³-hybridized carbons (Fsp3) is 0.375. The van der Waals surface area contributed by atoms with Crippen LogP contribution in [0.3, 0.4) is 0 Å². The largest absolute Gasteiger partial charge is 0.481 e. The monoisotopic (exact) mass is 273 g/mol. The van der Waals surface area contributed by atoms with Gasteiger partial charge < -0.3 is 10.4 Å². The lowest BCUT2D eigenvalue weighted by molar-refractivity contribution is -0.148. The molecule has 2 N–H and O–H groups in total. The molecule has 0 saturated heterocycles. The number of nitrogens with one attached hydrogen (secondary N) is 1. The molecule has 106 valence electrons. The highest BCUT2D eigenvalue weighted by atomic mass is 16.4. The molecule has 0 radical (unpaired) electrons. The topological polar surface area (TPSA) is 66.4 Å². The van der Waals surface area contributed by atoms with E-state index in [0.717, 1.165) is 5.57 Å². The number of para-hydroxylation sites is 1. The first-order chi connectivity index (χ1) is 9.49. The Morgan fingerprint density at radius 1 is 1.25 bits per heavy atom. The van der Waals surface area contributed by atoms with Crippen LogP contribution in [0.2, 0.25) is 0 Å². The summed E-state index contributed by atoms with van der Waals surface area (Å²) in [4.78, 5) is 23.8. The van der Waals surface area contributed by atoms with Gasteiger partial charge in [-0.15, -0.1) is 0 Å². The molecule has 0 spiro atoms. The second-order valence-corrected chi connectivity index (χ2v) is 5.40. The molecular weight excluding hydrogens is 254 g/mol. The molecule has 1 aromatic carbocycles. The van der Waals surface area contributed by atoms with Gasteiger partial charge in [0.1, 0.15) is 0 Å². The summed E-state index contributed by atoms with van der Waals surface area (Å²) in [5, 5.41) is 12.2. The molecular formula is C16H19NO3. The highest BCUT2D eigenvalue weighted by Crippen LogP contribution is 2.34. The van der Waals surface area contributed by atoms with Gasteiger partial charge in [0.05, 0.1) is 11.8 Å². The molecule has 1 aliphatic rings.